The maximum Gasteiger partial charge on any atom is 1.00 e. The number of carbonyl (C=O) groups excluding carboxylic acids is 1. The van der Waals surface area contributed by atoms with Crippen LogP contribution in [-0.4, -0.2) is 5.97 Å². The smallest absolute Gasteiger partial charge is 0.550 e. The van der Waals surface area contributed by atoms with Crippen molar-refractivity contribution in [1.29, 1.82) is 0 Å². The van der Waals surface area contributed by atoms with Gasteiger partial charge in [0.2, 0.25) is 0 Å². The summed E-state index contributed by atoms with van der Waals surface area (Å²) < 4.78 is 37.5. The molecule has 0 atom stereocenters. The van der Waals surface area contributed by atoms with Crippen molar-refractivity contribution in [2.24, 2.45) is 0 Å². The second-order valence-electron chi connectivity index (χ2n) is 2.41. The first kappa shape index (κ1) is 13.1. The van der Waals surface area contributed by atoms with E-state index in [1.165, 1.54) is 0 Å². The van der Waals surface area contributed by atoms with Gasteiger partial charge in [-0.1, -0.05) is 0 Å². The van der Waals surface area contributed by atoms with E-state index in [1.54, 1.807) is 0 Å². The summed E-state index contributed by atoms with van der Waals surface area (Å²) in [6.45, 7) is 0. The minimum absolute atomic E-state index is 0. The monoisotopic (exact) mass is 196 g/mol. The maximum atomic E-state index is 12.7. The van der Waals surface area contributed by atoms with Crippen molar-refractivity contribution < 1.29 is 41.9 Å². The van der Waals surface area contributed by atoms with E-state index in [1.807, 2.05) is 0 Å². The summed E-state index contributed by atoms with van der Waals surface area (Å²) >= 11 is 0. The molecule has 0 aliphatic rings. The molecular formula is C8H4F3LiO2. The summed E-state index contributed by atoms with van der Waals surface area (Å²) in [6.07, 6.45) is -0.775. The third-order valence-corrected chi connectivity index (χ3v) is 1.42. The van der Waals surface area contributed by atoms with Crippen molar-refractivity contribution in [1.82, 2.24) is 0 Å². The van der Waals surface area contributed by atoms with Crippen LogP contribution in [0.4, 0.5) is 13.2 Å². The summed E-state index contributed by atoms with van der Waals surface area (Å²) in [5.74, 6) is -5.27. The SMILES string of the molecule is O=C([O-])Cc1cc(F)c(F)cc1F.[Li+]. The molecule has 0 amide bonds. The van der Waals surface area contributed by atoms with E-state index >= 15 is 0 Å². The molecule has 2 nitrogen and oxygen atoms in total. The van der Waals surface area contributed by atoms with Gasteiger partial charge in [-0.05, 0) is 11.6 Å². The minimum Gasteiger partial charge on any atom is -0.550 e. The van der Waals surface area contributed by atoms with Crippen molar-refractivity contribution in [3.8, 4) is 0 Å². The number of halogens is 3. The fraction of sp³-hybridized carbons (Fsp3) is 0.125. The van der Waals surface area contributed by atoms with E-state index in [4.69, 9.17) is 0 Å². The molecule has 0 spiro atoms. The zero-order chi connectivity index (χ0) is 10.0. The van der Waals surface area contributed by atoms with E-state index in [9.17, 15) is 23.1 Å². The Hall–Kier alpha value is -0.923. The first-order chi connectivity index (χ1) is 6.00. The Morgan fingerprint density at radius 2 is 1.64 bits per heavy atom. The number of hydrogen-bond acceptors (Lipinski definition) is 2. The van der Waals surface area contributed by atoms with Crippen LogP contribution in [0.15, 0.2) is 12.1 Å². The Labute approximate surface area is 89.9 Å². The predicted molar refractivity (Wildman–Crippen MR) is 35.0 cm³/mol. The number of carboxylic acids is 1. The van der Waals surface area contributed by atoms with E-state index in [2.05, 4.69) is 0 Å². The first-order valence-corrected chi connectivity index (χ1v) is 3.34. The minimum atomic E-state index is -1.55. The molecule has 0 aromatic heterocycles. The summed E-state index contributed by atoms with van der Waals surface area (Å²) in [5, 5.41) is 10.0. The third-order valence-electron chi connectivity index (χ3n) is 1.42. The number of aliphatic carboxylic acids is 1. The molecule has 0 heterocycles. The molecule has 0 saturated carbocycles. The first-order valence-electron chi connectivity index (χ1n) is 3.34. The van der Waals surface area contributed by atoms with Gasteiger partial charge in [0, 0.05) is 18.5 Å². The second-order valence-corrected chi connectivity index (χ2v) is 2.41. The molecular weight excluding hydrogens is 192 g/mol. The number of rotatable bonds is 2. The molecule has 1 aromatic carbocycles. The van der Waals surface area contributed by atoms with Crippen molar-refractivity contribution >= 4 is 5.97 Å². The Morgan fingerprint density at radius 3 is 2.14 bits per heavy atom. The summed E-state index contributed by atoms with van der Waals surface area (Å²) in [6, 6.07) is 0.800. The molecule has 0 radical (unpaired) electrons. The van der Waals surface area contributed by atoms with Crippen molar-refractivity contribution in [2.45, 2.75) is 6.42 Å². The average Bonchev–Trinajstić information content (AvgIpc) is 1.99. The molecule has 70 valence electrons. The van der Waals surface area contributed by atoms with Gasteiger partial charge in [-0.15, -0.1) is 0 Å². The average molecular weight is 196 g/mol. The van der Waals surface area contributed by atoms with Crippen LogP contribution in [-0.2, 0) is 11.2 Å². The number of carbonyl (C=O) groups is 1. The van der Waals surface area contributed by atoms with Crippen LogP contribution < -0.4 is 24.0 Å². The molecule has 0 fully saturated rings. The van der Waals surface area contributed by atoms with E-state index in [0.717, 1.165) is 0 Å². The Balaban J connectivity index is 0.00000169. The zero-order valence-electron chi connectivity index (χ0n) is 7.31. The van der Waals surface area contributed by atoms with Crippen LogP contribution in [0.3, 0.4) is 0 Å². The van der Waals surface area contributed by atoms with Gasteiger partial charge in [-0.2, -0.15) is 0 Å². The summed E-state index contributed by atoms with van der Waals surface area (Å²) in [5.41, 5.74) is -0.432. The quantitative estimate of drug-likeness (QED) is 0.384. The van der Waals surface area contributed by atoms with Gasteiger partial charge >= 0.3 is 18.9 Å². The molecule has 0 N–H and O–H groups in total. The molecule has 0 saturated heterocycles. The molecule has 14 heavy (non-hydrogen) atoms. The van der Waals surface area contributed by atoms with Gasteiger partial charge in [0.1, 0.15) is 5.82 Å². The molecule has 1 rings (SSSR count). The number of carboxylic acid groups (broad SMARTS) is 1. The van der Waals surface area contributed by atoms with Crippen LogP contribution in [0.2, 0.25) is 0 Å². The Kier molecular flexibility index (Phi) is 4.75. The molecule has 0 bridgehead atoms. The van der Waals surface area contributed by atoms with Crippen LogP contribution in [0.25, 0.3) is 0 Å². The van der Waals surface area contributed by atoms with Crippen LogP contribution in [0.1, 0.15) is 5.56 Å². The summed E-state index contributed by atoms with van der Waals surface area (Å²) in [4.78, 5) is 10.0. The van der Waals surface area contributed by atoms with Crippen LogP contribution in [0.5, 0.6) is 0 Å². The van der Waals surface area contributed by atoms with E-state index in [-0.39, 0.29) is 18.9 Å². The zero-order valence-corrected chi connectivity index (χ0v) is 7.31. The Morgan fingerprint density at radius 1 is 1.14 bits per heavy atom. The van der Waals surface area contributed by atoms with Crippen molar-refractivity contribution in [3.05, 3.63) is 35.1 Å². The molecule has 6 heteroatoms. The van der Waals surface area contributed by atoms with Crippen LogP contribution in [0, 0.1) is 17.5 Å². The topological polar surface area (TPSA) is 40.1 Å². The fourth-order valence-corrected chi connectivity index (χ4v) is 0.855. The van der Waals surface area contributed by atoms with Gasteiger partial charge in [0.15, 0.2) is 11.6 Å². The fourth-order valence-electron chi connectivity index (χ4n) is 0.855. The number of benzene rings is 1. The van der Waals surface area contributed by atoms with Crippen LogP contribution >= 0.6 is 0 Å². The predicted octanol–water partition coefficient (Wildman–Crippen LogP) is -2.60. The van der Waals surface area contributed by atoms with Gasteiger partial charge < -0.3 is 9.90 Å². The summed E-state index contributed by atoms with van der Waals surface area (Å²) in [7, 11) is 0. The molecule has 1 aromatic rings. The maximum absolute atomic E-state index is 12.7. The molecule has 0 unspecified atom stereocenters. The normalized spacial score (nSPS) is 9.36. The van der Waals surface area contributed by atoms with Gasteiger partial charge in [0.05, 0.1) is 0 Å². The van der Waals surface area contributed by atoms with E-state index in [0.29, 0.717) is 12.1 Å². The molecule has 0 aliphatic carbocycles. The second kappa shape index (κ2) is 5.08. The van der Waals surface area contributed by atoms with Crippen molar-refractivity contribution in [3.63, 3.8) is 0 Å². The largest absolute Gasteiger partial charge is 1.00 e. The van der Waals surface area contributed by atoms with Gasteiger partial charge in [-0.25, -0.2) is 13.2 Å². The standard InChI is InChI=1S/C8H5F3O2.Li/c9-5-3-7(11)6(10)1-4(5)2-8(12)13;/h1,3H,2H2,(H,12,13);/q;+1/p-1. The van der Waals surface area contributed by atoms with E-state index < -0.39 is 35.4 Å². The van der Waals surface area contributed by atoms with Gasteiger partial charge in [-0.3, -0.25) is 0 Å². The number of hydrogen-bond donors (Lipinski definition) is 0. The molecule has 0 aliphatic heterocycles. The van der Waals surface area contributed by atoms with Gasteiger partial charge in [0.25, 0.3) is 0 Å². The third kappa shape index (κ3) is 3.09. The van der Waals surface area contributed by atoms with Crippen molar-refractivity contribution in [2.75, 3.05) is 0 Å². The Bertz CT molecular complexity index is 355.